The van der Waals surface area contributed by atoms with E-state index in [1.807, 2.05) is 37.3 Å². The van der Waals surface area contributed by atoms with Crippen molar-refractivity contribution in [2.75, 3.05) is 31.2 Å². The van der Waals surface area contributed by atoms with Gasteiger partial charge in [0.05, 0.1) is 43.2 Å². The highest BCUT2D eigenvalue weighted by Crippen LogP contribution is 2.39. The van der Waals surface area contributed by atoms with Gasteiger partial charge in [-0.05, 0) is 38.3 Å². The van der Waals surface area contributed by atoms with E-state index in [2.05, 4.69) is 16.0 Å². The Kier molecular flexibility index (Phi) is 5.13. The molecule has 4 heterocycles. The number of hydrogen-bond donors (Lipinski definition) is 2. The number of aryl methyl sites for hydroxylation is 1. The van der Waals surface area contributed by atoms with Crippen molar-refractivity contribution in [1.82, 2.24) is 24.3 Å². The Morgan fingerprint density at radius 1 is 1.12 bits per heavy atom. The number of aromatic nitrogens is 5. The first-order valence-corrected chi connectivity index (χ1v) is 11.8. The molecular weight excluding hydrogens is 432 g/mol. The van der Waals surface area contributed by atoms with Crippen LogP contribution in [0.15, 0.2) is 42.7 Å². The Hall–Kier alpha value is -3.27. The highest BCUT2D eigenvalue weighted by atomic mass is 16.5. The molecule has 2 N–H and O–H groups in total. The predicted molar refractivity (Wildman–Crippen MR) is 128 cm³/mol. The van der Waals surface area contributed by atoms with Gasteiger partial charge in [0.15, 0.2) is 11.5 Å². The van der Waals surface area contributed by atoms with Crippen LogP contribution in [0, 0.1) is 6.92 Å². The average molecular weight is 461 g/mol. The highest BCUT2D eigenvalue weighted by Gasteiger charge is 2.38. The summed E-state index contributed by atoms with van der Waals surface area (Å²) in [6.07, 6.45) is 4.02. The van der Waals surface area contributed by atoms with Crippen molar-refractivity contribution in [3.8, 4) is 17.1 Å². The lowest BCUT2D eigenvalue weighted by Gasteiger charge is -2.37. The van der Waals surface area contributed by atoms with Gasteiger partial charge in [0, 0.05) is 24.7 Å². The zero-order chi connectivity index (χ0) is 23.3. The van der Waals surface area contributed by atoms with Gasteiger partial charge in [-0.15, -0.1) is 0 Å². The molecule has 0 spiro atoms. The molecular formula is C25H28N6O3. The van der Waals surface area contributed by atoms with Crippen LogP contribution in [0.2, 0.25) is 0 Å². The lowest BCUT2D eigenvalue weighted by Crippen LogP contribution is -2.40. The van der Waals surface area contributed by atoms with E-state index in [0.29, 0.717) is 43.2 Å². The SMILES string of the molecule is Cc1cccc(-c2cc(CO)n(-c3cc(N4CCOCC4)c4ncn(C5(O)CCC5)c4n3)n2)c1. The number of fused-ring (bicyclic) bond motifs is 1. The standard InChI is InChI=1S/C25H28N6O3/c1-17-4-2-5-18(12-17)20-13-19(15-32)31(28-20)22-14-21(29-8-10-34-11-9-29)23-24(27-22)30(16-26-23)25(33)6-3-7-25/h2,4-5,12-14,16,32-33H,3,6-11,15H2,1H3. The van der Waals surface area contributed by atoms with E-state index in [1.165, 1.54) is 0 Å². The third kappa shape index (κ3) is 3.48. The van der Waals surface area contributed by atoms with Gasteiger partial charge in [0.1, 0.15) is 11.2 Å². The van der Waals surface area contributed by atoms with E-state index >= 15 is 0 Å². The first-order valence-electron chi connectivity index (χ1n) is 11.8. The number of ether oxygens (including phenoxy) is 1. The predicted octanol–water partition coefficient (Wildman–Crippen LogP) is 2.75. The van der Waals surface area contributed by atoms with Crippen molar-refractivity contribution in [3.05, 3.63) is 54.0 Å². The molecule has 9 heteroatoms. The van der Waals surface area contributed by atoms with Crippen LogP contribution in [0.5, 0.6) is 0 Å². The van der Waals surface area contributed by atoms with Crippen LogP contribution in [-0.4, -0.2) is 60.8 Å². The zero-order valence-electron chi connectivity index (χ0n) is 19.2. The van der Waals surface area contributed by atoms with Gasteiger partial charge in [-0.25, -0.2) is 14.6 Å². The number of anilines is 1. The van der Waals surface area contributed by atoms with Crippen molar-refractivity contribution < 1.29 is 14.9 Å². The molecule has 0 bridgehead atoms. The summed E-state index contributed by atoms with van der Waals surface area (Å²) in [6, 6.07) is 12.0. The Morgan fingerprint density at radius 3 is 2.65 bits per heavy atom. The van der Waals surface area contributed by atoms with Gasteiger partial charge in [0.2, 0.25) is 0 Å². The molecule has 9 nitrogen and oxygen atoms in total. The Balaban J connectivity index is 1.53. The lowest BCUT2D eigenvalue weighted by atomic mass is 9.88. The van der Waals surface area contributed by atoms with Crippen molar-refractivity contribution >= 4 is 16.9 Å². The quantitative estimate of drug-likeness (QED) is 0.472. The van der Waals surface area contributed by atoms with E-state index in [1.54, 1.807) is 15.6 Å². The second-order valence-corrected chi connectivity index (χ2v) is 9.18. The summed E-state index contributed by atoms with van der Waals surface area (Å²) in [5.74, 6) is 0.585. The fourth-order valence-electron chi connectivity index (χ4n) is 4.83. The maximum absolute atomic E-state index is 11.1. The normalized spacial score (nSPS) is 17.8. The highest BCUT2D eigenvalue weighted by molar-refractivity contribution is 5.88. The maximum atomic E-state index is 11.1. The minimum Gasteiger partial charge on any atom is -0.390 e. The Bertz CT molecular complexity index is 1350. The fraction of sp³-hybridized carbons (Fsp3) is 0.400. The lowest BCUT2D eigenvalue weighted by molar-refractivity contribution is -0.103. The summed E-state index contributed by atoms with van der Waals surface area (Å²) < 4.78 is 9.05. The molecule has 0 amide bonds. The Labute approximate surface area is 197 Å². The van der Waals surface area contributed by atoms with E-state index in [4.69, 9.17) is 14.8 Å². The number of hydrogen-bond acceptors (Lipinski definition) is 7. The molecule has 1 saturated heterocycles. The molecule has 2 fully saturated rings. The van der Waals surface area contributed by atoms with Crippen LogP contribution in [0.4, 0.5) is 5.69 Å². The number of morpholine rings is 1. The summed E-state index contributed by atoms with van der Waals surface area (Å²) in [6.45, 7) is 4.65. The van der Waals surface area contributed by atoms with Crippen molar-refractivity contribution in [2.45, 2.75) is 38.5 Å². The molecule has 1 saturated carbocycles. The van der Waals surface area contributed by atoms with Gasteiger partial charge in [-0.2, -0.15) is 5.10 Å². The van der Waals surface area contributed by atoms with Crippen molar-refractivity contribution in [3.63, 3.8) is 0 Å². The molecule has 1 aromatic carbocycles. The molecule has 0 atom stereocenters. The number of aliphatic hydroxyl groups is 2. The molecule has 4 aromatic rings. The minimum atomic E-state index is -0.959. The van der Waals surface area contributed by atoms with Gasteiger partial charge in [-0.1, -0.05) is 23.8 Å². The zero-order valence-corrected chi connectivity index (χ0v) is 19.2. The molecule has 1 aliphatic heterocycles. The summed E-state index contributed by atoms with van der Waals surface area (Å²) in [7, 11) is 0. The molecule has 0 radical (unpaired) electrons. The van der Waals surface area contributed by atoms with Gasteiger partial charge >= 0.3 is 0 Å². The van der Waals surface area contributed by atoms with Crippen LogP contribution >= 0.6 is 0 Å². The van der Waals surface area contributed by atoms with E-state index in [9.17, 15) is 10.2 Å². The van der Waals surface area contributed by atoms with Crippen LogP contribution in [0.1, 0.15) is 30.5 Å². The minimum absolute atomic E-state index is 0.172. The monoisotopic (exact) mass is 460 g/mol. The summed E-state index contributed by atoms with van der Waals surface area (Å²) >= 11 is 0. The van der Waals surface area contributed by atoms with Crippen LogP contribution in [0.25, 0.3) is 28.2 Å². The number of pyridine rings is 1. The van der Waals surface area contributed by atoms with Gasteiger partial charge in [0.25, 0.3) is 0 Å². The molecule has 176 valence electrons. The third-order valence-electron chi connectivity index (χ3n) is 6.90. The summed E-state index contributed by atoms with van der Waals surface area (Å²) in [5, 5.41) is 26.1. The molecule has 6 rings (SSSR count). The molecule has 1 aliphatic carbocycles. The van der Waals surface area contributed by atoms with Crippen LogP contribution in [-0.2, 0) is 17.1 Å². The first kappa shape index (κ1) is 21.3. The maximum Gasteiger partial charge on any atom is 0.166 e. The average Bonchev–Trinajstić information content (AvgIpc) is 3.47. The van der Waals surface area contributed by atoms with E-state index < -0.39 is 5.72 Å². The number of benzene rings is 1. The molecule has 0 unspecified atom stereocenters. The van der Waals surface area contributed by atoms with E-state index in [-0.39, 0.29) is 6.61 Å². The smallest absolute Gasteiger partial charge is 0.166 e. The number of aliphatic hydroxyl groups excluding tert-OH is 1. The molecule has 2 aliphatic rings. The third-order valence-corrected chi connectivity index (χ3v) is 6.90. The topological polar surface area (TPSA) is 101 Å². The van der Waals surface area contributed by atoms with Crippen molar-refractivity contribution in [1.29, 1.82) is 0 Å². The van der Waals surface area contributed by atoms with Crippen LogP contribution in [0.3, 0.4) is 0 Å². The van der Waals surface area contributed by atoms with Gasteiger partial charge in [-0.3, -0.25) is 4.57 Å². The second kappa shape index (κ2) is 8.19. The molecule has 34 heavy (non-hydrogen) atoms. The van der Waals surface area contributed by atoms with Gasteiger partial charge < -0.3 is 19.8 Å². The van der Waals surface area contributed by atoms with Crippen LogP contribution < -0.4 is 4.90 Å². The number of imidazole rings is 1. The van der Waals surface area contributed by atoms with Crippen molar-refractivity contribution in [2.24, 2.45) is 0 Å². The second-order valence-electron chi connectivity index (χ2n) is 9.18. The number of rotatable bonds is 5. The number of nitrogens with zero attached hydrogens (tertiary/aromatic N) is 6. The Morgan fingerprint density at radius 2 is 1.94 bits per heavy atom. The van der Waals surface area contributed by atoms with E-state index in [0.717, 1.165) is 47.5 Å². The first-order chi connectivity index (χ1) is 16.6. The summed E-state index contributed by atoms with van der Waals surface area (Å²) in [4.78, 5) is 11.8. The summed E-state index contributed by atoms with van der Waals surface area (Å²) in [5.41, 5.74) is 4.89. The largest absolute Gasteiger partial charge is 0.390 e. The fourth-order valence-corrected chi connectivity index (χ4v) is 4.83. The molecule has 3 aromatic heterocycles.